The third-order valence-corrected chi connectivity index (χ3v) is 5.78. The maximum atomic E-state index is 12.8. The van der Waals surface area contributed by atoms with E-state index < -0.39 is 0 Å². The number of hydrogen-bond donors (Lipinski definition) is 1. The van der Waals surface area contributed by atoms with Gasteiger partial charge in [-0.25, -0.2) is 4.98 Å². The minimum atomic E-state index is -0.156. The zero-order valence-corrected chi connectivity index (χ0v) is 19.2. The molecule has 7 heteroatoms. The summed E-state index contributed by atoms with van der Waals surface area (Å²) in [5.41, 5.74) is 5.47. The second-order valence-electron chi connectivity index (χ2n) is 7.59. The van der Waals surface area contributed by atoms with E-state index >= 15 is 0 Å². The lowest BCUT2D eigenvalue weighted by Crippen LogP contribution is -2.27. The summed E-state index contributed by atoms with van der Waals surface area (Å²) in [6.07, 6.45) is 0. The molecule has 3 aromatic rings. The van der Waals surface area contributed by atoms with E-state index in [1.54, 1.807) is 30.8 Å². The van der Waals surface area contributed by atoms with Crippen molar-refractivity contribution in [3.8, 4) is 11.5 Å². The van der Waals surface area contributed by atoms with E-state index in [0.717, 1.165) is 17.8 Å². The number of hydrogen-bond acceptors (Lipinski definition) is 6. The molecule has 1 aromatic heterocycles. The van der Waals surface area contributed by atoms with Crippen molar-refractivity contribution in [1.29, 1.82) is 0 Å². The van der Waals surface area contributed by atoms with Crippen LogP contribution in [0.1, 0.15) is 41.0 Å². The van der Waals surface area contributed by atoms with Crippen LogP contribution in [0, 0.1) is 0 Å². The fraction of sp³-hybridized carbons (Fsp3) is 0.333. The van der Waals surface area contributed by atoms with Crippen molar-refractivity contribution in [3.63, 3.8) is 0 Å². The van der Waals surface area contributed by atoms with Gasteiger partial charge in [0.05, 0.1) is 18.3 Å². The van der Waals surface area contributed by atoms with Gasteiger partial charge in [0.1, 0.15) is 6.61 Å². The maximum absolute atomic E-state index is 12.8. The van der Waals surface area contributed by atoms with Crippen molar-refractivity contribution in [2.45, 2.75) is 39.6 Å². The van der Waals surface area contributed by atoms with E-state index in [1.807, 2.05) is 17.5 Å². The van der Waals surface area contributed by atoms with Gasteiger partial charge in [-0.1, -0.05) is 24.3 Å². The van der Waals surface area contributed by atoms with Crippen LogP contribution in [0.4, 0.5) is 0 Å². The van der Waals surface area contributed by atoms with Crippen LogP contribution < -0.4 is 14.8 Å². The molecule has 1 amide bonds. The largest absolute Gasteiger partial charge is 0.493 e. The van der Waals surface area contributed by atoms with Crippen LogP contribution in [0.3, 0.4) is 0 Å². The van der Waals surface area contributed by atoms with Gasteiger partial charge < -0.3 is 14.8 Å². The van der Waals surface area contributed by atoms with Crippen LogP contribution in [0.2, 0.25) is 0 Å². The highest BCUT2D eigenvalue weighted by Gasteiger charge is 2.13. The van der Waals surface area contributed by atoms with Gasteiger partial charge in [0.15, 0.2) is 11.5 Å². The highest BCUT2D eigenvalue weighted by molar-refractivity contribution is 7.07. The Morgan fingerprint density at radius 2 is 1.94 bits per heavy atom. The molecule has 0 aliphatic rings. The number of aromatic nitrogens is 1. The number of rotatable bonds is 10. The normalized spacial score (nSPS) is 11.0. The molecule has 2 aromatic carbocycles. The van der Waals surface area contributed by atoms with Crippen molar-refractivity contribution < 1.29 is 14.3 Å². The summed E-state index contributed by atoms with van der Waals surface area (Å²) in [6.45, 7) is 5.99. The molecule has 0 unspecified atom stereocenters. The van der Waals surface area contributed by atoms with Gasteiger partial charge >= 0.3 is 0 Å². The average molecular weight is 440 g/mol. The molecule has 0 bridgehead atoms. The molecule has 0 aliphatic carbocycles. The predicted octanol–water partition coefficient (Wildman–Crippen LogP) is 4.50. The lowest BCUT2D eigenvalue weighted by Gasteiger charge is -2.22. The summed E-state index contributed by atoms with van der Waals surface area (Å²) in [6, 6.07) is 13.8. The Labute approximate surface area is 187 Å². The smallest absolute Gasteiger partial charge is 0.251 e. The zero-order valence-electron chi connectivity index (χ0n) is 18.4. The number of benzene rings is 2. The molecule has 31 heavy (non-hydrogen) atoms. The van der Waals surface area contributed by atoms with Crippen LogP contribution in [0.5, 0.6) is 11.5 Å². The first-order chi connectivity index (χ1) is 15.0. The fourth-order valence-corrected chi connectivity index (χ4v) is 3.54. The number of nitrogens with one attached hydrogen (secondary N) is 1. The third-order valence-electron chi connectivity index (χ3n) is 5.14. The van der Waals surface area contributed by atoms with Gasteiger partial charge in [0.2, 0.25) is 0 Å². The molecule has 0 spiro atoms. The highest BCUT2D eigenvalue weighted by atomic mass is 32.1. The van der Waals surface area contributed by atoms with Gasteiger partial charge in [-0.15, -0.1) is 11.3 Å². The SMILES string of the molecule is COc1cc(C(=O)NCc2ccccc2CN(C)C(C)C)ccc1OCc1cscn1. The van der Waals surface area contributed by atoms with Gasteiger partial charge in [0, 0.05) is 30.1 Å². The molecular weight excluding hydrogens is 410 g/mol. The first-order valence-corrected chi connectivity index (χ1v) is 11.1. The molecule has 1 N–H and O–H groups in total. The molecule has 0 radical (unpaired) electrons. The Morgan fingerprint density at radius 1 is 1.16 bits per heavy atom. The molecular formula is C24H29N3O3S. The van der Waals surface area contributed by atoms with Gasteiger partial charge in [0.25, 0.3) is 5.91 Å². The van der Waals surface area contributed by atoms with Crippen LogP contribution in [0.15, 0.2) is 53.4 Å². The second kappa shape index (κ2) is 10.9. The lowest BCUT2D eigenvalue weighted by molar-refractivity contribution is 0.0950. The summed E-state index contributed by atoms with van der Waals surface area (Å²) < 4.78 is 11.2. The molecule has 1 heterocycles. The van der Waals surface area contributed by atoms with E-state index in [-0.39, 0.29) is 5.91 Å². The Balaban J connectivity index is 1.64. The van der Waals surface area contributed by atoms with E-state index in [0.29, 0.717) is 36.3 Å². The minimum absolute atomic E-state index is 0.156. The van der Waals surface area contributed by atoms with Gasteiger partial charge in [-0.2, -0.15) is 0 Å². The minimum Gasteiger partial charge on any atom is -0.493 e. The molecule has 0 saturated heterocycles. The number of nitrogens with zero attached hydrogens (tertiary/aromatic N) is 2. The lowest BCUT2D eigenvalue weighted by atomic mass is 10.1. The molecule has 0 saturated carbocycles. The number of methoxy groups -OCH3 is 1. The first kappa shape index (κ1) is 22.8. The van der Waals surface area contributed by atoms with E-state index in [9.17, 15) is 4.79 Å². The maximum Gasteiger partial charge on any atom is 0.251 e. The molecule has 0 aliphatic heterocycles. The number of carbonyl (C=O) groups is 1. The Hall–Kier alpha value is -2.90. The molecule has 0 atom stereocenters. The monoisotopic (exact) mass is 439 g/mol. The second-order valence-corrected chi connectivity index (χ2v) is 8.31. The topological polar surface area (TPSA) is 63.7 Å². The Morgan fingerprint density at radius 3 is 2.61 bits per heavy atom. The van der Waals surface area contributed by atoms with Gasteiger partial charge in [-0.05, 0) is 50.2 Å². The summed E-state index contributed by atoms with van der Waals surface area (Å²) in [4.78, 5) is 19.2. The first-order valence-electron chi connectivity index (χ1n) is 10.2. The van der Waals surface area contributed by atoms with Crippen molar-refractivity contribution in [2.24, 2.45) is 0 Å². The Bertz CT molecular complexity index is 989. The average Bonchev–Trinajstić information content (AvgIpc) is 3.30. The summed E-state index contributed by atoms with van der Waals surface area (Å²) in [5, 5.41) is 4.96. The number of thiazole rings is 1. The third kappa shape index (κ3) is 6.29. The van der Waals surface area contributed by atoms with E-state index in [2.05, 4.69) is 48.2 Å². The summed E-state index contributed by atoms with van der Waals surface area (Å²) in [5.74, 6) is 0.937. The van der Waals surface area contributed by atoms with E-state index in [1.165, 1.54) is 16.9 Å². The van der Waals surface area contributed by atoms with Crippen molar-refractivity contribution in [2.75, 3.05) is 14.2 Å². The van der Waals surface area contributed by atoms with Crippen molar-refractivity contribution >= 4 is 17.2 Å². The quantitative estimate of drug-likeness (QED) is 0.504. The van der Waals surface area contributed by atoms with E-state index in [4.69, 9.17) is 9.47 Å². The van der Waals surface area contributed by atoms with Crippen molar-refractivity contribution in [3.05, 3.63) is 75.7 Å². The molecule has 164 valence electrons. The van der Waals surface area contributed by atoms with Crippen LogP contribution in [0.25, 0.3) is 0 Å². The fourth-order valence-electron chi connectivity index (χ4n) is 3.00. The summed E-state index contributed by atoms with van der Waals surface area (Å²) >= 11 is 1.52. The van der Waals surface area contributed by atoms with Gasteiger partial charge in [-0.3, -0.25) is 9.69 Å². The number of amides is 1. The zero-order chi connectivity index (χ0) is 22.2. The molecule has 6 nitrogen and oxygen atoms in total. The highest BCUT2D eigenvalue weighted by Crippen LogP contribution is 2.29. The predicted molar refractivity (Wildman–Crippen MR) is 124 cm³/mol. The number of ether oxygens (including phenoxy) is 2. The summed E-state index contributed by atoms with van der Waals surface area (Å²) in [7, 11) is 3.67. The standard InChI is InChI=1S/C24H29N3O3S/c1-17(2)27(3)13-20-8-6-5-7-19(20)12-25-24(28)18-9-10-22(23(11-18)29-4)30-14-21-15-31-16-26-21/h5-11,15-17H,12-14H2,1-4H3,(H,25,28). The van der Waals surface area contributed by atoms with Crippen LogP contribution in [-0.2, 0) is 19.7 Å². The molecule has 3 rings (SSSR count). The number of carbonyl (C=O) groups excluding carboxylic acids is 1. The molecule has 0 fully saturated rings. The van der Waals surface area contributed by atoms with Crippen molar-refractivity contribution in [1.82, 2.24) is 15.2 Å². The van der Waals surface area contributed by atoms with Crippen LogP contribution in [-0.4, -0.2) is 36.0 Å². The van der Waals surface area contributed by atoms with Crippen LogP contribution >= 0.6 is 11.3 Å². The Kier molecular flexibility index (Phi) is 8.03.